The maximum absolute atomic E-state index is 6.82. The predicted molar refractivity (Wildman–Crippen MR) is 177 cm³/mol. The van der Waals surface area contributed by atoms with E-state index < -0.39 is 26.5 Å². The van der Waals surface area contributed by atoms with E-state index in [9.17, 15) is 0 Å². The molecule has 38 heavy (non-hydrogen) atoms. The Balaban J connectivity index is 2.66. The molecule has 0 bridgehead atoms. The van der Waals surface area contributed by atoms with Gasteiger partial charge in [-0.05, 0) is 0 Å². The number of hydrogen-bond acceptors (Lipinski definition) is 1. The van der Waals surface area contributed by atoms with Crippen molar-refractivity contribution in [3.63, 3.8) is 0 Å². The summed E-state index contributed by atoms with van der Waals surface area (Å²) in [6, 6.07) is 22.7. The van der Waals surface area contributed by atoms with Crippen molar-refractivity contribution >= 4 is 36.2 Å². The number of hydrogen-bond donors (Lipinski definition) is 0. The van der Waals surface area contributed by atoms with Crippen LogP contribution in [0.3, 0.4) is 0 Å². The van der Waals surface area contributed by atoms with E-state index in [4.69, 9.17) is 4.43 Å². The van der Waals surface area contributed by atoms with Gasteiger partial charge in [-0.1, -0.05) is 0 Å². The topological polar surface area (TPSA) is 9.23 Å². The van der Waals surface area contributed by atoms with Gasteiger partial charge in [0.25, 0.3) is 0 Å². The van der Waals surface area contributed by atoms with Gasteiger partial charge in [0.05, 0.1) is 0 Å². The quantitative estimate of drug-likeness (QED) is 0.115. The molecule has 4 heteroatoms. The Kier molecular flexibility index (Phi) is 14.5. The second-order valence-electron chi connectivity index (χ2n) is 13.0. The van der Waals surface area contributed by atoms with Crippen molar-refractivity contribution in [1.29, 1.82) is 0 Å². The zero-order chi connectivity index (χ0) is 28.1. The molecule has 210 valence electrons. The Morgan fingerprint density at radius 3 is 1.61 bits per heavy atom. The Morgan fingerprint density at radius 2 is 1.24 bits per heavy atom. The minimum atomic E-state index is -2.49. The molecule has 1 unspecified atom stereocenters. The first-order chi connectivity index (χ1) is 18.1. The van der Waals surface area contributed by atoms with Crippen LogP contribution in [0.5, 0.6) is 0 Å². The van der Waals surface area contributed by atoms with Gasteiger partial charge >= 0.3 is 245 Å². The first-order valence-electron chi connectivity index (χ1n) is 15.3. The van der Waals surface area contributed by atoms with Crippen molar-refractivity contribution < 1.29 is 4.43 Å². The van der Waals surface area contributed by atoms with Crippen LogP contribution in [-0.4, -0.2) is 36.2 Å². The molecule has 0 saturated heterocycles. The summed E-state index contributed by atoms with van der Waals surface area (Å²) in [6.07, 6.45) is 8.22. The molecule has 0 spiro atoms. The van der Waals surface area contributed by atoms with Crippen LogP contribution < -0.4 is 0 Å². The molecule has 2 radical (unpaired) electrons. The third-order valence-electron chi connectivity index (χ3n) is 7.91. The van der Waals surface area contributed by atoms with Crippen molar-refractivity contribution in [3.8, 4) is 0 Å². The molecule has 0 aliphatic heterocycles. The fraction of sp³-hybridized carbons (Fsp3) is 0.588. The maximum atomic E-state index is 6.82. The monoisotopic (exact) mass is 656 g/mol. The molecule has 0 heterocycles. The van der Waals surface area contributed by atoms with Crippen LogP contribution in [0, 0.1) is 0 Å². The van der Waals surface area contributed by atoms with E-state index in [-0.39, 0.29) is 5.04 Å². The fourth-order valence-electron chi connectivity index (χ4n) is 6.33. The molecule has 2 aromatic rings. The van der Waals surface area contributed by atoms with Crippen molar-refractivity contribution in [2.45, 2.75) is 121 Å². The van der Waals surface area contributed by atoms with E-state index in [2.05, 4.69) is 121 Å². The van der Waals surface area contributed by atoms with E-state index in [1.165, 1.54) is 54.1 Å². The third kappa shape index (κ3) is 11.0. The third-order valence-corrected chi connectivity index (χ3v) is 27.9. The predicted octanol–water partition coefficient (Wildman–Crippen LogP) is 11.3. The van der Waals surface area contributed by atoms with E-state index in [0.29, 0.717) is 15.7 Å². The van der Waals surface area contributed by atoms with Crippen LogP contribution in [0.4, 0.5) is 0 Å². The first kappa shape index (κ1) is 33.4. The van der Waals surface area contributed by atoms with Crippen molar-refractivity contribution in [2.75, 3.05) is 0 Å². The van der Waals surface area contributed by atoms with Gasteiger partial charge in [0.15, 0.2) is 0 Å². The van der Waals surface area contributed by atoms with Gasteiger partial charge in [0.2, 0.25) is 0 Å². The molecular weight excluding hydrogens is 599 g/mol. The molecule has 0 saturated carbocycles. The van der Waals surface area contributed by atoms with Gasteiger partial charge in [0, 0.05) is 0 Å². The molecule has 1 atom stereocenters. The number of unbranched alkanes of at least 4 members (excludes halogenated alkanes) is 3. The molecular formula is C34H56OSi2Sn. The average Bonchev–Trinajstić information content (AvgIpc) is 2.89. The normalized spacial score (nSPS) is 14.5. The summed E-state index contributed by atoms with van der Waals surface area (Å²) in [4.78, 5) is 0. The van der Waals surface area contributed by atoms with Crippen LogP contribution in [0.1, 0.15) is 90.2 Å². The van der Waals surface area contributed by atoms with Crippen LogP contribution in [0.25, 0.3) is 0 Å². The van der Waals surface area contributed by atoms with E-state index in [1.54, 1.807) is 13.3 Å². The SMILES string of the molecule is CCC[CH2][Sn]([CH2]CCC)([CH2]CCC)[CH2]C(C)([Si]O/C(C)=C\[Si](C)(C)C)C(c1ccccc1)c1ccccc1. The van der Waals surface area contributed by atoms with Gasteiger partial charge in [-0.25, -0.2) is 0 Å². The Labute approximate surface area is 244 Å². The fourth-order valence-corrected chi connectivity index (χ4v) is 30.0. The molecule has 0 fully saturated rings. The van der Waals surface area contributed by atoms with Gasteiger partial charge in [-0.2, -0.15) is 0 Å². The zero-order valence-corrected chi connectivity index (χ0v) is 30.8. The summed E-state index contributed by atoms with van der Waals surface area (Å²) in [5.74, 6) is 1.49. The minimum absolute atomic E-state index is 0.0859. The summed E-state index contributed by atoms with van der Waals surface area (Å²) < 4.78 is 12.9. The Morgan fingerprint density at radius 1 is 0.816 bits per heavy atom. The molecule has 0 aliphatic carbocycles. The first-order valence-corrected chi connectivity index (χ1v) is 27.9. The van der Waals surface area contributed by atoms with E-state index in [1.807, 2.05) is 0 Å². The number of benzene rings is 2. The second-order valence-corrected chi connectivity index (χ2v) is 33.4. The van der Waals surface area contributed by atoms with Crippen molar-refractivity contribution in [2.24, 2.45) is 0 Å². The molecule has 1 nitrogen and oxygen atoms in total. The number of rotatable bonds is 18. The Hall–Kier alpha value is -0.788. The zero-order valence-electron chi connectivity index (χ0n) is 25.9. The van der Waals surface area contributed by atoms with Crippen molar-refractivity contribution in [1.82, 2.24) is 0 Å². The van der Waals surface area contributed by atoms with Gasteiger partial charge < -0.3 is 0 Å². The molecule has 0 N–H and O–H groups in total. The molecule has 0 aliphatic rings. The number of allylic oxidation sites excluding steroid dienone is 1. The molecule has 0 aromatic heterocycles. The summed E-state index contributed by atoms with van der Waals surface area (Å²) >= 11 is -2.49. The van der Waals surface area contributed by atoms with Gasteiger partial charge in [-0.3, -0.25) is 0 Å². The summed E-state index contributed by atoms with van der Waals surface area (Å²) in [5, 5.41) is 0.0859. The summed E-state index contributed by atoms with van der Waals surface area (Å²) in [6.45, 7) is 19.2. The van der Waals surface area contributed by atoms with Crippen molar-refractivity contribution in [3.05, 3.63) is 83.2 Å². The summed E-state index contributed by atoms with van der Waals surface area (Å²) in [7, 11) is -0.872. The average molecular weight is 656 g/mol. The van der Waals surface area contributed by atoms with Crippen LogP contribution in [0.2, 0.25) is 42.4 Å². The van der Waals surface area contributed by atoms with Gasteiger partial charge in [-0.15, -0.1) is 0 Å². The summed E-state index contributed by atoms with van der Waals surface area (Å²) in [5.41, 5.74) is 5.35. The van der Waals surface area contributed by atoms with Gasteiger partial charge in [0.1, 0.15) is 0 Å². The van der Waals surface area contributed by atoms with Crippen LogP contribution in [-0.2, 0) is 4.43 Å². The second kappa shape index (κ2) is 16.5. The standard InChI is InChI=1S/C22H29OSi2.3C4H9.Sn/c1-18(17-25(4,5)6)23-24-22(2,3)21(19-13-9-7-10-14-19)20-15-11-8-12-16-20;3*1-3-4-2;/h7-17,21H,2H2,1,3-6H3;3*1,3-4H2,2H3;/b18-17-;;;;. The van der Waals surface area contributed by atoms with E-state index in [0.717, 1.165) is 5.76 Å². The molecule has 2 rings (SSSR count). The molecule has 2 aromatic carbocycles. The molecule has 0 amide bonds. The van der Waals surface area contributed by atoms with Crippen LogP contribution >= 0.6 is 0 Å². The van der Waals surface area contributed by atoms with Crippen LogP contribution in [0.15, 0.2) is 72.1 Å². The van der Waals surface area contributed by atoms with E-state index >= 15 is 0 Å². The Bertz CT molecular complexity index is 877.